The molecule has 0 amide bonds. The molecule has 1 heterocycles. The molecule has 3 heteroatoms. The second-order valence-electron chi connectivity index (χ2n) is 4.01. The largest absolute Gasteiger partial charge is 0.461 e. The lowest BCUT2D eigenvalue weighted by Crippen LogP contribution is -2.26. The van der Waals surface area contributed by atoms with Crippen molar-refractivity contribution in [3.05, 3.63) is 35.8 Å². The van der Waals surface area contributed by atoms with Crippen LogP contribution in [0.15, 0.2) is 28.9 Å². The van der Waals surface area contributed by atoms with Crippen molar-refractivity contribution in [3.8, 4) is 0 Å². The molecule has 0 radical (unpaired) electrons. The Morgan fingerprint density at radius 3 is 2.94 bits per heavy atom. The van der Waals surface area contributed by atoms with E-state index in [1.165, 1.54) is 6.26 Å². The number of furan rings is 1. The van der Waals surface area contributed by atoms with Gasteiger partial charge in [-0.3, -0.25) is 0 Å². The number of rotatable bonds is 4. The van der Waals surface area contributed by atoms with E-state index in [4.69, 9.17) is 4.42 Å². The monoisotopic (exact) mass is 221 g/mol. The Labute approximate surface area is 94.4 Å². The van der Waals surface area contributed by atoms with Gasteiger partial charge in [-0.1, -0.05) is 6.92 Å². The lowest BCUT2D eigenvalue weighted by atomic mass is 10.0. The van der Waals surface area contributed by atoms with Crippen LogP contribution in [-0.4, -0.2) is 13.1 Å². The Morgan fingerprint density at radius 1 is 1.44 bits per heavy atom. The van der Waals surface area contributed by atoms with Gasteiger partial charge in [0.2, 0.25) is 0 Å². The second kappa shape index (κ2) is 4.66. The number of likely N-dealkylation sites (N-methyl/N-ethyl adjacent to an activating group) is 1. The Kier molecular flexibility index (Phi) is 3.25. The van der Waals surface area contributed by atoms with Crippen molar-refractivity contribution in [2.75, 3.05) is 7.05 Å². The first-order valence-electron chi connectivity index (χ1n) is 5.57. The number of hydrogen-bond donors (Lipinski definition) is 1. The molecule has 16 heavy (non-hydrogen) atoms. The van der Waals surface area contributed by atoms with Crippen LogP contribution in [0, 0.1) is 5.82 Å². The van der Waals surface area contributed by atoms with Crippen LogP contribution in [0.4, 0.5) is 4.39 Å². The van der Waals surface area contributed by atoms with Gasteiger partial charge >= 0.3 is 0 Å². The number of hydrogen-bond acceptors (Lipinski definition) is 2. The standard InChI is InChI=1S/C13H16FNO/c1-3-11(15-2)7-9-6-10-4-5-16-13(10)12(14)8-9/h4-6,8,11,15H,3,7H2,1-2H3/t11-/m1/s1. The van der Waals surface area contributed by atoms with Gasteiger partial charge in [0.05, 0.1) is 6.26 Å². The molecule has 0 aliphatic carbocycles. The van der Waals surface area contributed by atoms with Gasteiger partial charge in [-0.15, -0.1) is 0 Å². The van der Waals surface area contributed by atoms with Gasteiger partial charge in [0, 0.05) is 11.4 Å². The molecule has 2 nitrogen and oxygen atoms in total. The molecule has 0 spiro atoms. The molecule has 2 aromatic rings. The lowest BCUT2D eigenvalue weighted by molar-refractivity contribution is 0.537. The summed E-state index contributed by atoms with van der Waals surface area (Å²) >= 11 is 0. The molecule has 0 fully saturated rings. The summed E-state index contributed by atoms with van der Waals surface area (Å²) in [5.74, 6) is -0.275. The molecule has 0 unspecified atom stereocenters. The highest BCUT2D eigenvalue weighted by Gasteiger charge is 2.09. The maximum absolute atomic E-state index is 13.6. The SMILES string of the molecule is CC[C@H](Cc1cc(F)c2occc2c1)NC. The number of fused-ring (bicyclic) bond motifs is 1. The molecule has 1 atom stereocenters. The van der Waals surface area contributed by atoms with Crippen LogP contribution in [0.2, 0.25) is 0 Å². The van der Waals surface area contributed by atoms with Gasteiger partial charge in [0.15, 0.2) is 11.4 Å². The van der Waals surface area contributed by atoms with Crippen molar-refractivity contribution in [1.29, 1.82) is 0 Å². The zero-order valence-corrected chi connectivity index (χ0v) is 9.59. The van der Waals surface area contributed by atoms with E-state index in [2.05, 4.69) is 12.2 Å². The minimum atomic E-state index is -0.275. The fraction of sp³-hybridized carbons (Fsp3) is 0.385. The number of benzene rings is 1. The summed E-state index contributed by atoms with van der Waals surface area (Å²) in [6.07, 6.45) is 3.39. The summed E-state index contributed by atoms with van der Waals surface area (Å²) in [6, 6.07) is 5.74. The first-order chi connectivity index (χ1) is 7.74. The third-order valence-corrected chi connectivity index (χ3v) is 2.95. The summed E-state index contributed by atoms with van der Waals surface area (Å²) in [4.78, 5) is 0. The van der Waals surface area contributed by atoms with Gasteiger partial charge in [-0.2, -0.15) is 0 Å². The first-order valence-corrected chi connectivity index (χ1v) is 5.57. The molecule has 0 saturated carbocycles. The third kappa shape index (κ3) is 2.09. The molecule has 2 rings (SSSR count). The average Bonchev–Trinajstić information content (AvgIpc) is 2.74. The van der Waals surface area contributed by atoms with Gasteiger partial charge in [0.25, 0.3) is 0 Å². The van der Waals surface area contributed by atoms with Crippen LogP contribution in [0.1, 0.15) is 18.9 Å². The zero-order chi connectivity index (χ0) is 11.5. The predicted octanol–water partition coefficient (Wildman–Crippen LogP) is 3.11. The fourth-order valence-corrected chi connectivity index (χ4v) is 1.95. The van der Waals surface area contributed by atoms with Crippen molar-refractivity contribution in [3.63, 3.8) is 0 Å². The number of nitrogens with one attached hydrogen (secondary N) is 1. The summed E-state index contributed by atoms with van der Waals surface area (Å²) in [5.41, 5.74) is 1.36. The summed E-state index contributed by atoms with van der Waals surface area (Å²) in [6.45, 7) is 2.12. The molecule has 86 valence electrons. The summed E-state index contributed by atoms with van der Waals surface area (Å²) in [7, 11) is 1.93. The average molecular weight is 221 g/mol. The van der Waals surface area contributed by atoms with E-state index in [1.807, 2.05) is 13.1 Å². The fourth-order valence-electron chi connectivity index (χ4n) is 1.95. The Bertz CT molecular complexity index is 474. The van der Waals surface area contributed by atoms with Crippen molar-refractivity contribution in [2.24, 2.45) is 0 Å². The third-order valence-electron chi connectivity index (χ3n) is 2.95. The van der Waals surface area contributed by atoms with E-state index in [0.717, 1.165) is 23.8 Å². The van der Waals surface area contributed by atoms with Gasteiger partial charge in [-0.25, -0.2) is 4.39 Å². The Hall–Kier alpha value is -1.35. The van der Waals surface area contributed by atoms with Crippen molar-refractivity contribution >= 4 is 11.0 Å². The first kappa shape index (κ1) is 11.1. The summed E-state index contributed by atoms with van der Waals surface area (Å²) in [5, 5.41) is 4.05. The van der Waals surface area contributed by atoms with Crippen LogP contribution < -0.4 is 5.32 Å². The molecule has 0 bridgehead atoms. The maximum Gasteiger partial charge on any atom is 0.169 e. The van der Waals surface area contributed by atoms with Crippen LogP contribution >= 0.6 is 0 Å². The lowest BCUT2D eigenvalue weighted by Gasteiger charge is -2.13. The predicted molar refractivity (Wildman–Crippen MR) is 63.0 cm³/mol. The zero-order valence-electron chi connectivity index (χ0n) is 9.59. The smallest absolute Gasteiger partial charge is 0.169 e. The van der Waals surface area contributed by atoms with E-state index < -0.39 is 0 Å². The molecule has 1 aromatic heterocycles. The Morgan fingerprint density at radius 2 is 2.25 bits per heavy atom. The normalized spacial score (nSPS) is 13.2. The molecule has 0 saturated heterocycles. The van der Waals surface area contributed by atoms with Gasteiger partial charge in [-0.05, 0) is 43.7 Å². The van der Waals surface area contributed by atoms with E-state index in [0.29, 0.717) is 11.6 Å². The molecule has 0 aliphatic rings. The maximum atomic E-state index is 13.6. The molecule has 1 N–H and O–H groups in total. The minimum Gasteiger partial charge on any atom is -0.461 e. The molecule has 0 aliphatic heterocycles. The quantitative estimate of drug-likeness (QED) is 0.858. The highest BCUT2D eigenvalue weighted by atomic mass is 19.1. The minimum absolute atomic E-state index is 0.275. The second-order valence-corrected chi connectivity index (χ2v) is 4.01. The van der Waals surface area contributed by atoms with Gasteiger partial charge in [0.1, 0.15) is 0 Å². The molecular weight excluding hydrogens is 205 g/mol. The van der Waals surface area contributed by atoms with Crippen molar-refractivity contribution in [1.82, 2.24) is 5.32 Å². The Balaban J connectivity index is 2.30. The molecule has 1 aromatic carbocycles. The highest BCUT2D eigenvalue weighted by molar-refractivity contribution is 5.78. The van der Waals surface area contributed by atoms with Gasteiger partial charge < -0.3 is 9.73 Å². The van der Waals surface area contributed by atoms with E-state index in [-0.39, 0.29) is 5.82 Å². The topological polar surface area (TPSA) is 25.2 Å². The van der Waals surface area contributed by atoms with Crippen molar-refractivity contribution < 1.29 is 8.81 Å². The summed E-state index contributed by atoms with van der Waals surface area (Å²) < 4.78 is 18.7. The van der Waals surface area contributed by atoms with Crippen LogP contribution in [0.5, 0.6) is 0 Å². The van der Waals surface area contributed by atoms with Crippen LogP contribution in [-0.2, 0) is 6.42 Å². The molecular formula is C13H16FNO. The van der Waals surface area contributed by atoms with E-state index in [1.54, 1.807) is 12.1 Å². The van der Waals surface area contributed by atoms with E-state index >= 15 is 0 Å². The number of halogens is 1. The van der Waals surface area contributed by atoms with E-state index in [9.17, 15) is 4.39 Å². The van der Waals surface area contributed by atoms with Crippen molar-refractivity contribution in [2.45, 2.75) is 25.8 Å². The highest BCUT2D eigenvalue weighted by Crippen LogP contribution is 2.22. The van der Waals surface area contributed by atoms with Crippen LogP contribution in [0.25, 0.3) is 11.0 Å². The van der Waals surface area contributed by atoms with Crippen LogP contribution in [0.3, 0.4) is 0 Å².